The van der Waals surface area contributed by atoms with Gasteiger partial charge >= 0.3 is 5.97 Å². The van der Waals surface area contributed by atoms with Crippen LogP contribution in [-0.2, 0) is 11.3 Å². The number of aryl methyl sites for hydroxylation is 1. The highest BCUT2D eigenvalue weighted by atomic mass is 35.5. The maximum Gasteiger partial charge on any atom is 0.352 e. The molecule has 0 radical (unpaired) electrons. The first kappa shape index (κ1) is 14.1. The van der Waals surface area contributed by atoms with E-state index in [-0.39, 0.29) is 18.1 Å². The average molecular weight is 293 g/mol. The largest absolute Gasteiger partial charge is 0.477 e. The number of benzene rings is 1. The van der Waals surface area contributed by atoms with E-state index in [1.54, 1.807) is 43.5 Å². The number of halogens is 1. The second-order valence-electron chi connectivity index (χ2n) is 4.34. The molecule has 0 fully saturated rings. The Morgan fingerprint density at radius 2 is 2.10 bits per heavy atom. The maximum atomic E-state index is 11.9. The molecule has 20 heavy (non-hydrogen) atoms. The van der Waals surface area contributed by atoms with Crippen LogP contribution in [0.25, 0.3) is 0 Å². The third-order valence-corrected chi connectivity index (χ3v) is 3.03. The molecule has 2 N–H and O–H groups in total. The van der Waals surface area contributed by atoms with Crippen LogP contribution >= 0.6 is 11.6 Å². The number of carbonyl (C=O) groups is 2. The standard InChI is InChI=1S/C14H13ClN2O3/c1-9-5-6-17(13(9)14(19)20)8-12(18)16-11-4-2-3-10(15)7-11/h2-7H,8H2,1H3,(H,16,18)(H,19,20). The molecule has 0 atom stereocenters. The quantitative estimate of drug-likeness (QED) is 0.910. The van der Waals surface area contributed by atoms with E-state index in [1.807, 2.05) is 0 Å². The number of aromatic carboxylic acids is 1. The first-order chi connectivity index (χ1) is 9.47. The monoisotopic (exact) mass is 292 g/mol. The van der Waals surface area contributed by atoms with Gasteiger partial charge in [-0.3, -0.25) is 4.79 Å². The predicted molar refractivity (Wildman–Crippen MR) is 76.2 cm³/mol. The minimum Gasteiger partial charge on any atom is -0.477 e. The molecule has 0 saturated heterocycles. The number of carbonyl (C=O) groups excluding carboxylic acids is 1. The minimum atomic E-state index is -1.05. The zero-order chi connectivity index (χ0) is 14.7. The molecule has 6 heteroatoms. The molecule has 0 aliphatic rings. The lowest BCUT2D eigenvalue weighted by atomic mass is 10.3. The summed E-state index contributed by atoms with van der Waals surface area (Å²) in [6.07, 6.45) is 1.58. The summed E-state index contributed by atoms with van der Waals surface area (Å²) < 4.78 is 1.40. The summed E-state index contributed by atoms with van der Waals surface area (Å²) in [5.74, 6) is -1.37. The molecule has 0 aliphatic heterocycles. The molecular formula is C14H13ClN2O3. The highest BCUT2D eigenvalue weighted by Gasteiger charge is 2.15. The van der Waals surface area contributed by atoms with Gasteiger partial charge in [0.05, 0.1) is 0 Å². The van der Waals surface area contributed by atoms with E-state index in [4.69, 9.17) is 16.7 Å². The van der Waals surface area contributed by atoms with Gasteiger partial charge in [0.15, 0.2) is 0 Å². The molecule has 1 aromatic carbocycles. The van der Waals surface area contributed by atoms with Gasteiger partial charge in [-0.15, -0.1) is 0 Å². The van der Waals surface area contributed by atoms with Crippen LogP contribution in [0.1, 0.15) is 16.1 Å². The topological polar surface area (TPSA) is 71.3 Å². The van der Waals surface area contributed by atoms with Gasteiger partial charge in [0.1, 0.15) is 12.2 Å². The normalized spacial score (nSPS) is 10.3. The summed E-state index contributed by atoms with van der Waals surface area (Å²) in [6.45, 7) is 1.62. The molecule has 0 spiro atoms. The molecule has 0 aliphatic carbocycles. The Kier molecular flexibility index (Phi) is 4.10. The van der Waals surface area contributed by atoms with Gasteiger partial charge in [0.2, 0.25) is 5.91 Å². The Hall–Kier alpha value is -2.27. The van der Waals surface area contributed by atoms with Gasteiger partial charge in [0, 0.05) is 16.9 Å². The fraction of sp³-hybridized carbons (Fsp3) is 0.143. The number of hydrogen-bond donors (Lipinski definition) is 2. The zero-order valence-electron chi connectivity index (χ0n) is 10.8. The molecule has 1 aromatic heterocycles. The van der Waals surface area contributed by atoms with Crippen molar-refractivity contribution in [2.24, 2.45) is 0 Å². The molecule has 1 amide bonds. The molecule has 5 nitrogen and oxygen atoms in total. The van der Waals surface area contributed by atoms with Crippen LogP contribution < -0.4 is 5.32 Å². The summed E-state index contributed by atoms with van der Waals surface area (Å²) >= 11 is 5.82. The highest BCUT2D eigenvalue weighted by Crippen LogP contribution is 2.15. The molecule has 2 rings (SSSR count). The predicted octanol–water partition coefficient (Wildman–Crippen LogP) is 2.79. The number of hydrogen-bond acceptors (Lipinski definition) is 2. The van der Waals surface area contributed by atoms with Crippen molar-refractivity contribution >= 4 is 29.2 Å². The fourth-order valence-electron chi connectivity index (χ4n) is 1.93. The van der Waals surface area contributed by atoms with Crippen molar-refractivity contribution in [2.75, 3.05) is 5.32 Å². The number of carboxylic acid groups (broad SMARTS) is 1. The van der Waals surface area contributed by atoms with E-state index >= 15 is 0 Å². The molecule has 0 saturated carbocycles. The van der Waals surface area contributed by atoms with Crippen molar-refractivity contribution in [3.8, 4) is 0 Å². The van der Waals surface area contributed by atoms with E-state index < -0.39 is 5.97 Å². The van der Waals surface area contributed by atoms with E-state index in [0.29, 0.717) is 16.3 Å². The van der Waals surface area contributed by atoms with Crippen LogP contribution in [0, 0.1) is 6.92 Å². The third-order valence-electron chi connectivity index (χ3n) is 2.79. The zero-order valence-corrected chi connectivity index (χ0v) is 11.5. The summed E-state index contributed by atoms with van der Waals surface area (Å²) in [6, 6.07) is 8.42. The van der Waals surface area contributed by atoms with Gasteiger partial charge in [0.25, 0.3) is 0 Å². The Labute approximate surface area is 120 Å². The molecule has 2 aromatic rings. The third kappa shape index (κ3) is 3.19. The number of anilines is 1. The van der Waals surface area contributed by atoms with Crippen molar-refractivity contribution in [3.05, 3.63) is 52.8 Å². The number of rotatable bonds is 4. The Morgan fingerprint density at radius 1 is 1.35 bits per heavy atom. The van der Waals surface area contributed by atoms with Crippen LogP contribution in [0.2, 0.25) is 5.02 Å². The minimum absolute atomic E-state index is 0.0675. The number of amides is 1. The van der Waals surface area contributed by atoms with Gasteiger partial charge in [-0.05, 0) is 36.8 Å². The van der Waals surface area contributed by atoms with Gasteiger partial charge in [-0.25, -0.2) is 4.79 Å². The summed E-state index contributed by atoms with van der Waals surface area (Å²) in [7, 11) is 0. The lowest BCUT2D eigenvalue weighted by molar-refractivity contribution is -0.116. The van der Waals surface area contributed by atoms with Crippen LogP contribution in [0.4, 0.5) is 5.69 Å². The Balaban J connectivity index is 2.11. The molecular weight excluding hydrogens is 280 g/mol. The van der Waals surface area contributed by atoms with Crippen molar-refractivity contribution in [1.82, 2.24) is 4.57 Å². The van der Waals surface area contributed by atoms with Crippen molar-refractivity contribution in [2.45, 2.75) is 13.5 Å². The first-order valence-electron chi connectivity index (χ1n) is 5.92. The SMILES string of the molecule is Cc1ccn(CC(=O)Nc2cccc(Cl)c2)c1C(=O)O. The Morgan fingerprint density at radius 3 is 2.75 bits per heavy atom. The van der Waals surface area contributed by atoms with Crippen molar-refractivity contribution < 1.29 is 14.7 Å². The number of aromatic nitrogens is 1. The van der Waals surface area contributed by atoms with Crippen LogP contribution in [0.5, 0.6) is 0 Å². The summed E-state index contributed by atoms with van der Waals surface area (Å²) in [4.78, 5) is 23.0. The van der Waals surface area contributed by atoms with Gasteiger partial charge < -0.3 is 15.0 Å². The second kappa shape index (κ2) is 5.79. The van der Waals surface area contributed by atoms with E-state index in [9.17, 15) is 9.59 Å². The fourth-order valence-corrected chi connectivity index (χ4v) is 2.12. The Bertz CT molecular complexity index is 664. The number of nitrogens with one attached hydrogen (secondary N) is 1. The van der Waals surface area contributed by atoms with Crippen molar-refractivity contribution in [3.63, 3.8) is 0 Å². The second-order valence-corrected chi connectivity index (χ2v) is 4.78. The van der Waals surface area contributed by atoms with E-state index in [1.165, 1.54) is 4.57 Å². The van der Waals surface area contributed by atoms with Gasteiger partial charge in [-0.1, -0.05) is 17.7 Å². The summed E-state index contributed by atoms with van der Waals surface area (Å²) in [5.41, 5.74) is 1.31. The molecule has 104 valence electrons. The molecule has 1 heterocycles. The van der Waals surface area contributed by atoms with Crippen LogP contribution in [0.15, 0.2) is 36.5 Å². The number of carboxylic acids is 1. The van der Waals surface area contributed by atoms with Crippen LogP contribution in [0.3, 0.4) is 0 Å². The smallest absolute Gasteiger partial charge is 0.352 e. The van der Waals surface area contributed by atoms with E-state index in [0.717, 1.165) is 0 Å². The molecule has 0 unspecified atom stereocenters. The van der Waals surface area contributed by atoms with E-state index in [2.05, 4.69) is 5.32 Å². The van der Waals surface area contributed by atoms with Crippen LogP contribution in [-0.4, -0.2) is 21.6 Å². The molecule has 0 bridgehead atoms. The summed E-state index contributed by atoms with van der Waals surface area (Å²) in [5, 5.41) is 12.3. The van der Waals surface area contributed by atoms with Gasteiger partial charge in [-0.2, -0.15) is 0 Å². The number of nitrogens with zero attached hydrogens (tertiary/aromatic N) is 1. The first-order valence-corrected chi connectivity index (χ1v) is 6.29. The maximum absolute atomic E-state index is 11.9. The van der Waals surface area contributed by atoms with Crippen molar-refractivity contribution in [1.29, 1.82) is 0 Å². The average Bonchev–Trinajstić information content (AvgIpc) is 2.70. The highest BCUT2D eigenvalue weighted by molar-refractivity contribution is 6.30. The lowest BCUT2D eigenvalue weighted by Crippen LogP contribution is -2.21. The lowest BCUT2D eigenvalue weighted by Gasteiger charge is -2.08.